The van der Waals surface area contributed by atoms with E-state index in [-0.39, 0.29) is 11.4 Å². The normalized spacial score (nSPS) is 15.3. The Labute approximate surface area is 192 Å². The zero-order chi connectivity index (χ0) is 23.3. The van der Waals surface area contributed by atoms with Crippen molar-refractivity contribution in [1.82, 2.24) is 9.78 Å². The van der Waals surface area contributed by atoms with E-state index in [0.717, 1.165) is 18.5 Å². The molecule has 0 aliphatic heterocycles. The molecule has 0 spiro atoms. The zero-order valence-electron chi connectivity index (χ0n) is 17.9. The Hall–Kier alpha value is -2.84. The standard InChI is InChI=1S/C13H11ClO3S.C10H14N2O2/c1-18(15,16)13-8-6-12(7-9-13)17-11-4-2-10(14)3-5-11;1-7-3-2-4-9-8(7)5-11-12(9)6-10(13)14/h2-9H,1H3;5,7H,2-4,6H2,1H3,(H,13,14). The van der Waals surface area contributed by atoms with Crippen LogP contribution in [0.5, 0.6) is 11.5 Å². The largest absolute Gasteiger partial charge is 0.480 e. The zero-order valence-corrected chi connectivity index (χ0v) is 19.4. The molecule has 0 saturated heterocycles. The molecule has 2 aromatic carbocycles. The van der Waals surface area contributed by atoms with Crippen molar-refractivity contribution in [2.24, 2.45) is 0 Å². The first-order valence-electron chi connectivity index (χ1n) is 10.1. The summed E-state index contributed by atoms with van der Waals surface area (Å²) >= 11 is 5.76. The minimum atomic E-state index is -3.17. The van der Waals surface area contributed by atoms with Gasteiger partial charge in [-0.25, -0.2) is 8.42 Å². The van der Waals surface area contributed by atoms with Gasteiger partial charge in [-0.3, -0.25) is 9.48 Å². The second kappa shape index (κ2) is 10.2. The van der Waals surface area contributed by atoms with E-state index in [1.807, 2.05) is 6.20 Å². The molecule has 9 heteroatoms. The second-order valence-electron chi connectivity index (χ2n) is 7.69. The van der Waals surface area contributed by atoms with Crippen molar-refractivity contribution in [2.75, 3.05) is 6.26 Å². The first-order chi connectivity index (χ1) is 15.1. The minimum absolute atomic E-state index is 0.0119. The number of carboxylic acid groups (broad SMARTS) is 1. The SMILES string of the molecule is CC1CCCc2c1cnn2CC(=O)O.CS(=O)(=O)c1ccc(Oc2ccc(Cl)cc2)cc1. The number of sulfone groups is 1. The maximum absolute atomic E-state index is 11.3. The van der Waals surface area contributed by atoms with Crippen LogP contribution in [0.4, 0.5) is 0 Å². The number of hydrogen-bond donors (Lipinski definition) is 1. The van der Waals surface area contributed by atoms with E-state index in [1.54, 1.807) is 41.1 Å². The molecular formula is C23H25ClN2O5S. The van der Waals surface area contributed by atoms with E-state index in [2.05, 4.69) is 12.0 Å². The Morgan fingerprint density at radius 2 is 1.75 bits per heavy atom. The third kappa shape index (κ3) is 6.34. The van der Waals surface area contributed by atoms with Crippen LogP contribution in [-0.2, 0) is 27.6 Å². The summed E-state index contributed by atoms with van der Waals surface area (Å²) in [7, 11) is -3.17. The molecule has 1 heterocycles. The average molecular weight is 477 g/mol. The van der Waals surface area contributed by atoms with Crippen molar-refractivity contribution in [3.63, 3.8) is 0 Å². The van der Waals surface area contributed by atoms with E-state index in [9.17, 15) is 13.2 Å². The van der Waals surface area contributed by atoms with E-state index in [4.69, 9.17) is 21.4 Å². The summed E-state index contributed by atoms with van der Waals surface area (Å²) in [6.07, 6.45) is 6.28. The number of fused-ring (bicyclic) bond motifs is 1. The molecule has 170 valence electrons. The summed E-state index contributed by atoms with van der Waals surface area (Å²) in [5, 5.41) is 13.5. The van der Waals surface area contributed by atoms with Gasteiger partial charge in [0.25, 0.3) is 0 Å². The lowest BCUT2D eigenvalue weighted by Crippen LogP contribution is -2.16. The molecule has 1 unspecified atom stereocenters. The monoisotopic (exact) mass is 476 g/mol. The molecule has 4 rings (SSSR count). The van der Waals surface area contributed by atoms with Crippen molar-refractivity contribution in [2.45, 2.75) is 43.5 Å². The van der Waals surface area contributed by atoms with Gasteiger partial charge in [0.1, 0.15) is 18.0 Å². The number of nitrogens with zero attached hydrogens (tertiary/aromatic N) is 2. The minimum Gasteiger partial charge on any atom is -0.480 e. The quantitative estimate of drug-likeness (QED) is 0.559. The van der Waals surface area contributed by atoms with Crippen LogP contribution in [0.25, 0.3) is 0 Å². The van der Waals surface area contributed by atoms with Crippen molar-refractivity contribution in [3.05, 3.63) is 71.0 Å². The highest BCUT2D eigenvalue weighted by atomic mass is 35.5. The van der Waals surface area contributed by atoms with Crippen molar-refractivity contribution >= 4 is 27.4 Å². The molecule has 1 aliphatic carbocycles. The van der Waals surface area contributed by atoms with E-state index >= 15 is 0 Å². The number of halogens is 1. The molecule has 7 nitrogen and oxygen atoms in total. The fraction of sp³-hybridized carbons (Fsp3) is 0.304. The van der Waals surface area contributed by atoms with Gasteiger partial charge in [-0.2, -0.15) is 5.10 Å². The van der Waals surface area contributed by atoms with Crippen molar-refractivity contribution in [3.8, 4) is 11.5 Å². The molecule has 1 aromatic heterocycles. The molecule has 1 N–H and O–H groups in total. The van der Waals surface area contributed by atoms with Crippen LogP contribution in [0.2, 0.25) is 5.02 Å². The Morgan fingerprint density at radius 1 is 1.16 bits per heavy atom. The van der Waals surface area contributed by atoms with Crippen LogP contribution in [0, 0.1) is 0 Å². The van der Waals surface area contributed by atoms with Gasteiger partial charge < -0.3 is 9.84 Å². The number of carbonyl (C=O) groups is 1. The van der Waals surface area contributed by atoms with Gasteiger partial charge in [0.15, 0.2) is 9.84 Å². The second-order valence-corrected chi connectivity index (χ2v) is 10.1. The highest BCUT2D eigenvalue weighted by molar-refractivity contribution is 7.90. The summed E-state index contributed by atoms with van der Waals surface area (Å²) in [5.41, 5.74) is 2.35. The molecule has 0 saturated carbocycles. The van der Waals surface area contributed by atoms with Gasteiger partial charge in [-0.1, -0.05) is 18.5 Å². The number of benzene rings is 2. The first kappa shape index (κ1) is 23.8. The van der Waals surface area contributed by atoms with Crippen molar-refractivity contribution < 1.29 is 23.1 Å². The van der Waals surface area contributed by atoms with E-state index in [1.165, 1.54) is 30.4 Å². The lowest BCUT2D eigenvalue weighted by molar-refractivity contribution is -0.137. The predicted octanol–water partition coefficient (Wildman–Crippen LogP) is 4.94. The van der Waals surface area contributed by atoms with Crippen molar-refractivity contribution in [1.29, 1.82) is 0 Å². The van der Waals surface area contributed by atoms with Gasteiger partial charge in [0.05, 0.1) is 11.1 Å². The summed E-state index contributed by atoms with van der Waals surface area (Å²) in [6, 6.07) is 13.2. The Morgan fingerprint density at radius 3 is 2.31 bits per heavy atom. The highest BCUT2D eigenvalue weighted by Gasteiger charge is 2.21. The van der Waals surface area contributed by atoms with Crippen LogP contribution in [0.15, 0.2) is 59.6 Å². The third-order valence-electron chi connectivity index (χ3n) is 5.15. The molecule has 0 bridgehead atoms. The molecule has 0 amide bonds. The lowest BCUT2D eigenvalue weighted by atomic mass is 9.89. The van der Waals surface area contributed by atoms with Crippen LogP contribution in [0.3, 0.4) is 0 Å². The van der Waals surface area contributed by atoms with Crippen LogP contribution >= 0.6 is 11.6 Å². The Kier molecular flexibility index (Phi) is 7.58. The molecule has 1 aliphatic rings. The maximum atomic E-state index is 11.3. The molecule has 32 heavy (non-hydrogen) atoms. The third-order valence-corrected chi connectivity index (χ3v) is 6.53. The molecule has 3 aromatic rings. The maximum Gasteiger partial charge on any atom is 0.325 e. The van der Waals surface area contributed by atoms with Gasteiger partial charge in [-0.15, -0.1) is 0 Å². The molecule has 0 radical (unpaired) electrons. The number of aromatic nitrogens is 2. The Bertz CT molecular complexity index is 1170. The van der Waals surface area contributed by atoms with Crippen LogP contribution in [0.1, 0.15) is 36.9 Å². The number of rotatable bonds is 5. The van der Waals surface area contributed by atoms with E-state index < -0.39 is 15.8 Å². The molecular weight excluding hydrogens is 452 g/mol. The summed E-state index contributed by atoms with van der Waals surface area (Å²) in [4.78, 5) is 10.8. The van der Waals surface area contributed by atoms with Gasteiger partial charge >= 0.3 is 5.97 Å². The first-order valence-corrected chi connectivity index (χ1v) is 12.4. The lowest BCUT2D eigenvalue weighted by Gasteiger charge is -2.18. The number of carboxylic acids is 1. The smallest absolute Gasteiger partial charge is 0.325 e. The van der Waals surface area contributed by atoms with Gasteiger partial charge in [-0.05, 0) is 79.3 Å². The number of hydrogen-bond acceptors (Lipinski definition) is 5. The molecule has 0 fully saturated rings. The van der Waals surface area contributed by atoms with Gasteiger partial charge in [0.2, 0.25) is 0 Å². The van der Waals surface area contributed by atoms with Crippen LogP contribution < -0.4 is 4.74 Å². The van der Waals surface area contributed by atoms with E-state index in [0.29, 0.717) is 22.4 Å². The average Bonchev–Trinajstić information content (AvgIpc) is 3.14. The molecule has 1 atom stereocenters. The fourth-order valence-electron chi connectivity index (χ4n) is 3.50. The number of ether oxygens (including phenoxy) is 1. The summed E-state index contributed by atoms with van der Waals surface area (Å²) in [6.45, 7) is 2.16. The topological polar surface area (TPSA) is 98.5 Å². The summed E-state index contributed by atoms with van der Waals surface area (Å²) < 4.78 is 29.7. The highest BCUT2D eigenvalue weighted by Crippen LogP contribution is 2.30. The Balaban J connectivity index is 0.000000186. The number of aliphatic carboxylic acids is 1. The predicted molar refractivity (Wildman–Crippen MR) is 122 cm³/mol. The summed E-state index contributed by atoms with van der Waals surface area (Å²) in [5.74, 6) is 0.923. The fourth-order valence-corrected chi connectivity index (χ4v) is 4.26. The van der Waals surface area contributed by atoms with Gasteiger partial charge in [0, 0.05) is 17.0 Å². The van der Waals surface area contributed by atoms with Crippen LogP contribution in [-0.4, -0.2) is 35.5 Å².